The van der Waals surface area contributed by atoms with Crippen LogP contribution in [-0.4, -0.2) is 65.5 Å². The van der Waals surface area contributed by atoms with Gasteiger partial charge in [0.1, 0.15) is 5.69 Å². The standard InChI is InChI=1S/C14H21N3O3/c1-4-7-17(9-8-16(2)3)13(18)11-5-6-12(14(19)20)15-10-11/h5-6,10H,4,7-9H2,1-3H3,(H,19,20). The molecule has 0 radical (unpaired) electrons. The summed E-state index contributed by atoms with van der Waals surface area (Å²) in [4.78, 5) is 30.6. The predicted octanol–water partition coefficient (Wildman–Crippen LogP) is 1.19. The molecule has 0 saturated carbocycles. The Balaban J connectivity index is 2.80. The Labute approximate surface area is 119 Å². The molecule has 0 spiro atoms. The number of amides is 1. The van der Waals surface area contributed by atoms with Crippen LogP contribution in [0.3, 0.4) is 0 Å². The lowest BCUT2D eigenvalue weighted by Crippen LogP contribution is -2.37. The van der Waals surface area contributed by atoms with Gasteiger partial charge in [0.15, 0.2) is 0 Å². The fourth-order valence-electron chi connectivity index (χ4n) is 1.73. The molecule has 0 aliphatic rings. The van der Waals surface area contributed by atoms with Gasteiger partial charge in [0.25, 0.3) is 5.91 Å². The summed E-state index contributed by atoms with van der Waals surface area (Å²) in [7, 11) is 3.91. The van der Waals surface area contributed by atoms with E-state index in [-0.39, 0.29) is 11.6 Å². The number of hydrogen-bond donors (Lipinski definition) is 1. The number of carboxylic acid groups (broad SMARTS) is 1. The molecular weight excluding hydrogens is 258 g/mol. The zero-order chi connectivity index (χ0) is 15.1. The van der Waals surface area contributed by atoms with E-state index in [1.54, 1.807) is 4.90 Å². The Morgan fingerprint density at radius 3 is 2.35 bits per heavy atom. The summed E-state index contributed by atoms with van der Waals surface area (Å²) in [5.74, 6) is -1.21. The summed E-state index contributed by atoms with van der Waals surface area (Å²) < 4.78 is 0. The van der Waals surface area contributed by atoms with E-state index in [0.29, 0.717) is 18.7 Å². The van der Waals surface area contributed by atoms with Crippen molar-refractivity contribution in [3.8, 4) is 0 Å². The van der Waals surface area contributed by atoms with Crippen LogP contribution in [0.15, 0.2) is 18.3 Å². The van der Waals surface area contributed by atoms with Crippen molar-refractivity contribution in [1.29, 1.82) is 0 Å². The van der Waals surface area contributed by atoms with Crippen molar-refractivity contribution in [1.82, 2.24) is 14.8 Å². The van der Waals surface area contributed by atoms with E-state index in [2.05, 4.69) is 4.98 Å². The van der Waals surface area contributed by atoms with E-state index in [9.17, 15) is 9.59 Å². The second kappa shape index (κ2) is 7.59. The highest BCUT2D eigenvalue weighted by molar-refractivity contribution is 5.94. The maximum absolute atomic E-state index is 12.3. The molecule has 0 atom stereocenters. The molecule has 6 nitrogen and oxygen atoms in total. The first-order valence-electron chi connectivity index (χ1n) is 6.59. The first-order valence-corrected chi connectivity index (χ1v) is 6.59. The molecule has 1 aromatic heterocycles. The van der Waals surface area contributed by atoms with Crippen molar-refractivity contribution >= 4 is 11.9 Å². The lowest BCUT2D eigenvalue weighted by Gasteiger charge is -2.23. The van der Waals surface area contributed by atoms with Gasteiger partial charge in [-0.3, -0.25) is 4.79 Å². The van der Waals surface area contributed by atoms with Crippen molar-refractivity contribution in [2.75, 3.05) is 33.7 Å². The minimum Gasteiger partial charge on any atom is -0.477 e. The van der Waals surface area contributed by atoms with Crippen molar-refractivity contribution < 1.29 is 14.7 Å². The first-order chi connectivity index (χ1) is 9.45. The number of likely N-dealkylation sites (N-methyl/N-ethyl adjacent to an activating group) is 1. The minimum atomic E-state index is -1.10. The summed E-state index contributed by atoms with van der Waals surface area (Å²) in [6.45, 7) is 4.11. The Morgan fingerprint density at radius 1 is 1.20 bits per heavy atom. The van der Waals surface area contributed by atoms with Crippen LogP contribution in [0.5, 0.6) is 0 Å². The quantitative estimate of drug-likeness (QED) is 0.811. The summed E-state index contributed by atoms with van der Waals surface area (Å²) >= 11 is 0. The number of aromatic nitrogens is 1. The lowest BCUT2D eigenvalue weighted by atomic mass is 10.2. The maximum atomic E-state index is 12.3. The van der Waals surface area contributed by atoms with E-state index in [0.717, 1.165) is 13.0 Å². The predicted molar refractivity (Wildman–Crippen MR) is 75.9 cm³/mol. The third-order valence-electron chi connectivity index (χ3n) is 2.83. The Bertz CT molecular complexity index is 457. The van der Waals surface area contributed by atoms with Crippen molar-refractivity contribution in [2.24, 2.45) is 0 Å². The number of carboxylic acids is 1. The van der Waals surface area contributed by atoms with Gasteiger partial charge in [-0.15, -0.1) is 0 Å². The summed E-state index contributed by atoms with van der Waals surface area (Å²) in [5.41, 5.74) is 0.360. The van der Waals surface area contributed by atoms with Crippen molar-refractivity contribution in [3.63, 3.8) is 0 Å². The average molecular weight is 279 g/mol. The number of nitrogens with zero attached hydrogens (tertiary/aromatic N) is 3. The van der Waals surface area contributed by atoms with Crippen LogP contribution in [0.4, 0.5) is 0 Å². The zero-order valence-corrected chi connectivity index (χ0v) is 12.2. The third-order valence-corrected chi connectivity index (χ3v) is 2.83. The van der Waals surface area contributed by atoms with Gasteiger partial charge < -0.3 is 14.9 Å². The van der Waals surface area contributed by atoms with Crippen molar-refractivity contribution in [3.05, 3.63) is 29.6 Å². The van der Waals surface area contributed by atoms with Gasteiger partial charge in [-0.05, 0) is 32.6 Å². The van der Waals surface area contributed by atoms with Crippen LogP contribution < -0.4 is 0 Å². The highest BCUT2D eigenvalue weighted by Gasteiger charge is 2.16. The topological polar surface area (TPSA) is 73.7 Å². The molecular formula is C14H21N3O3. The van der Waals surface area contributed by atoms with E-state index in [1.165, 1.54) is 18.3 Å². The highest BCUT2D eigenvalue weighted by Crippen LogP contribution is 2.06. The minimum absolute atomic E-state index is 0.0584. The number of aromatic carboxylic acids is 1. The molecule has 1 aromatic rings. The molecule has 0 saturated heterocycles. The van der Waals surface area contributed by atoms with Gasteiger partial charge in [-0.25, -0.2) is 9.78 Å². The van der Waals surface area contributed by atoms with E-state index in [4.69, 9.17) is 5.11 Å². The molecule has 0 unspecified atom stereocenters. The molecule has 1 rings (SSSR count). The van der Waals surface area contributed by atoms with Crippen LogP contribution in [0.1, 0.15) is 34.2 Å². The summed E-state index contributed by atoms with van der Waals surface area (Å²) in [6, 6.07) is 2.86. The third kappa shape index (κ3) is 4.62. The van der Waals surface area contributed by atoms with Crippen LogP contribution in [0.25, 0.3) is 0 Å². The largest absolute Gasteiger partial charge is 0.477 e. The molecule has 110 valence electrons. The molecule has 0 aromatic carbocycles. The molecule has 1 N–H and O–H groups in total. The number of pyridine rings is 1. The Hall–Kier alpha value is -1.95. The zero-order valence-electron chi connectivity index (χ0n) is 12.2. The second-order valence-electron chi connectivity index (χ2n) is 4.83. The number of carbonyl (C=O) groups excluding carboxylic acids is 1. The van der Waals surface area contributed by atoms with Crippen molar-refractivity contribution in [2.45, 2.75) is 13.3 Å². The molecule has 0 aliphatic heterocycles. The van der Waals surface area contributed by atoms with Gasteiger partial charge in [0.05, 0.1) is 5.56 Å². The fraction of sp³-hybridized carbons (Fsp3) is 0.500. The molecule has 0 bridgehead atoms. The Morgan fingerprint density at radius 2 is 1.90 bits per heavy atom. The number of rotatable bonds is 7. The number of carbonyl (C=O) groups is 2. The number of hydrogen-bond acceptors (Lipinski definition) is 4. The SMILES string of the molecule is CCCN(CCN(C)C)C(=O)c1ccc(C(=O)O)nc1. The molecule has 0 fully saturated rings. The van der Waals surface area contributed by atoms with Crippen LogP contribution in [0, 0.1) is 0 Å². The monoisotopic (exact) mass is 279 g/mol. The van der Waals surface area contributed by atoms with Crippen LogP contribution in [-0.2, 0) is 0 Å². The van der Waals surface area contributed by atoms with E-state index in [1.807, 2.05) is 25.9 Å². The normalized spacial score (nSPS) is 10.6. The second-order valence-corrected chi connectivity index (χ2v) is 4.83. The van der Waals surface area contributed by atoms with Crippen LogP contribution in [0.2, 0.25) is 0 Å². The van der Waals surface area contributed by atoms with E-state index < -0.39 is 5.97 Å². The van der Waals surface area contributed by atoms with Gasteiger partial charge in [-0.1, -0.05) is 6.92 Å². The van der Waals surface area contributed by atoms with E-state index >= 15 is 0 Å². The van der Waals surface area contributed by atoms with Gasteiger partial charge in [0, 0.05) is 25.8 Å². The van der Waals surface area contributed by atoms with Gasteiger partial charge >= 0.3 is 5.97 Å². The van der Waals surface area contributed by atoms with Gasteiger partial charge in [0.2, 0.25) is 0 Å². The lowest BCUT2D eigenvalue weighted by molar-refractivity contribution is 0.0686. The highest BCUT2D eigenvalue weighted by atomic mass is 16.4. The van der Waals surface area contributed by atoms with Gasteiger partial charge in [-0.2, -0.15) is 0 Å². The summed E-state index contributed by atoms with van der Waals surface area (Å²) in [6.07, 6.45) is 2.20. The average Bonchev–Trinajstić information content (AvgIpc) is 2.42. The molecule has 6 heteroatoms. The Kier molecular flexibility index (Phi) is 6.11. The first kappa shape index (κ1) is 16.1. The molecule has 1 amide bonds. The molecule has 20 heavy (non-hydrogen) atoms. The summed E-state index contributed by atoms with van der Waals surface area (Å²) in [5, 5.41) is 8.79. The fourth-order valence-corrected chi connectivity index (χ4v) is 1.73. The smallest absolute Gasteiger partial charge is 0.354 e. The molecule has 1 heterocycles. The van der Waals surface area contributed by atoms with Crippen LogP contribution >= 0.6 is 0 Å². The maximum Gasteiger partial charge on any atom is 0.354 e. The molecule has 0 aliphatic carbocycles.